The van der Waals surface area contributed by atoms with Crippen molar-refractivity contribution in [2.24, 2.45) is 0 Å². The Bertz CT molecular complexity index is 1340. The number of carbonyl (C=O) groups is 2. The maximum absolute atomic E-state index is 13.6. The largest absolute Gasteiger partial charge is 0.469 e. The summed E-state index contributed by atoms with van der Waals surface area (Å²) in [4.78, 5) is 28.3. The highest BCUT2D eigenvalue weighted by Gasteiger charge is 2.51. The number of rotatable bonds is 5. The molecule has 0 unspecified atom stereocenters. The second kappa shape index (κ2) is 7.46. The lowest BCUT2D eigenvalue weighted by molar-refractivity contribution is -0.136. The van der Waals surface area contributed by atoms with E-state index < -0.39 is 11.5 Å². The first kappa shape index (κ1) is 20.2. The third-order valence-electron chi connectivity index (χ3n) is 6.30. The van der Waals surface area contributed by atoms with Gasteiger partial charge in [-0.1, -0.05) is 60.7 Å². The Morgan fingerprint density at radius 2 is 1.72 bits per heavy atom. The summed E-state index contributed by atoms with van der Waals surface area (Å²) in [7, 11) is 0. The summed E-state index contributed by atoms with van der Waals surface area (Å²) < 4.78 is 5.35. The highest BCUT2D eigenvalue weighted by molar-refractivity contribution is 6.11. The molecule has 0 bridgehead atoms. The molecule has 1 aliphatic rings. The Kier molecular flexibility index (Phi) is 4.72. The van der Waals surface area contributed by atoms with E-state index in [1.54, 1.807) is 30.9 Å². The van der Waals surface area contributed by atoms with Crippen molar-refractivity contribution in [3.05, 3.63) is 101 Å². The molecular weight excluding hydrogens is 402 g/mol. The monoisotopic (exact) mass is 425 g/mol. The Hall–Kier alpha value is -3.70. The van der Waals surface area contributed by atoms with Gasteiger partial charge in [-0.2, -0.15) is 0 Å². The lowest BCUT2D eigenvalue weighted by Gasteiger charge is -2.23. The zero-order chi connectivity index (χ0) is 22.5. The van der Waals surface area contributed by atoms with Crippen LogP contribution in [0.2, 0.25) is 0 Å². The molecule has 0 saturated heterocycles. The predicted octanol–water partition coefficient (Wildman–Crippen LogP) is 5.06. The van der Waals surface area contributed by atoms with Crippen LogP contribution in [-0.2, 0) is 16.9 Å². The first-order valence-electron chi connectivity index (χ1n) is 10.6. The van der Waals surface area contributed by atoms with Gasteiger partial charge in [-0.05, 0) is 41.8 Å². The first-order valence-corrected chi connectivity index (χ1v) is 10.6. The van der Waals surface area contributed by atoms with Gasteiger partial charge < -0.3 is 14.4 Å². The van der Waals surface area contributed by atoms with Gasteiger partial charge in [-0.25, -0.2) is 0 Å². The number of Topliss-reactive ketones (excluding diaryl/α,β-unsaturated/α-hetero) is 1. The molecule has 0 spiro atoms. The fraction of sp³-hybridized carbons (Fsp3) is 0.185. The molecule has 3 aromatic carbocycles. The molecule has 0 fully saturated rings. The molecule has 5 nitrogen and oxygen atoms in total. The van der Waals surface area contributed by atoms with Gasteiger partial charge in [-0.15, -0.1) is 0 Å². The minimum Gasteiger partial charge on any atom is -0.469 e. The van der Waals surface area contributed by atoms with Crippen LogP contribution in [0.3, 0.4) is 0 Å². The summed E-state index contributed by atoms with van der Waals surface area (Å²) in [5.41, 5.74) is 1.26. The van der Waals surface area contributed by atoms with Gasteiger partial charge >= 0.3 is 0 Å². The van der Waals surface area contributed by atoms with Gasteiger partial charge in [0.15, 0.2) is 11.4 Å². The zero-order valence-corrected chi connectivity index (χ0v) is 18.0. The number of anilines is 1. The number of ketones is 1. The number of para-hydroxylation sites is 1. The molecule has 4 aromatic rings. The second-order valence-electron chi connectivity index (χ2n) is 8.36. The van der Waals surface area contributed by atoms with Crippen LogP contribution in [-0.4, -0.2) is 16.8 Å². The summed E-state index contributed by atoms with van der Waals surface area (Å²) in [6.07, 6.45) is 1.18. The van der Waals surface area contributed by atoms with E-state index in [9.17, 15) is 14.7 Å². The van der Waals surface area contributed by atoms with Gasteiger partial charge in [0.25, 0.3) is 5.91 Å². The fourth-order valence-electron chi connectivity index (χ4n) is 4.74. The number of hydrogen-bond donors (Lipinski definition) is 1. The number of furan rings is 1. The molecule has 0 radical (unpaired) electrons. The summed E-state index contributed by atoms with van der Waals surface area (Å²) in [5.74, 6) is -0.312. The molecule has 1 aromatic heterocycles. The van der Waals surface area contributed by atoms with E-state index in [2.05, 4.69) is 0 Å². The van der Waals surface area contributed by atoms with Crippen molar-refractivity contribution < 1.29 is 19.1 Å². The van der Waals surface area contributed by atoms with Gasteiger partial charge in [0.05, 0.1) is 30.5 Å². The van der Waals surface area contributed by atoms with E-state index >= 15 is 0 Å². The Balaban J connectivity index is 1.54. The molecular formula is C27H23NO4. The van der Waals surface area contributed by atoms with E-state index in [4.69, 9.17) is 4.42 Å². The Morgan fingerprint density at radius 1 is 1.00 bits per heavy atom. The molecule has 0 saturated carbocycles. The minimum absolute atomic E-state index is 0.303. The average molecular weight is 425 g/mol. The Labute approximate surface area is 185 Å². The normalized spacial score (nSPS) is 17.7. The van der Waals surface area contributed by atoms with Crippen LogP contribution in [0.15, 0.2) is 77.4 Å². The van der Waals surface area contributed by atoms with Crippen molar-refractivity contribution in [1.82, 2.24) is 0 Å². The van der Waals surface area contributed by atoms with Gasteiger partial charge in [0.1, 0.15) is 5.76 Å². The van der Waals surface area contributed by atoms with Gasteiger partial charge in [0.2, 0.25) is 0 Å². The van der Waals surface area contributed by atoms with Crippen molar-refractivity contribution >= 4 is 28.2 Å². The quantitative estimate of drug-likeness (QED) is 0.454. The van der Waals surface area contributed by atoms with Crippen molar-refractivity contribution in [3.63, 3.8) is 0 Å². The molecule has 5 heteroatoms. The van der Waals surface area contributed by atoms with E-state index in [0.29, 0.717) is 34.7 Å². The number of carbonyl (C=O) groups excluding carboxylic acids is 2. The van der Waals surface area contributed by atoms with Crippen LogP contribution in [0.5, 0.6) is 0 Å². The number of amides is 1. The number of fused-ring (bicyclic) bond motifs is 2. The minimum atomic E-state index is -1.92. The van der Waals surface area contributed by atoms with Crippen molar-refractivity contribution in [2.45, 2.75) is 32.4 Å². The lowest BCUT2D eigenvalue weighted by atomic mass is 9.87. The summed E-state index contributed by atoms with van der Waals surface area (Å²) in [6.45, 7) is 3.80. The van der Waals surface area contributed by atoms with E-state index in [-0.39, 0.29) is 12.2 Å². The smallest absolute Gasteiger partial charge is 0.264 e. The molecule has 1 N–H and O–H groups in total. The fourth-order valence-corrected chi connectivity index (χ4v) is 4.74. The molecule has 32 heavy (non-hydrogen) atoms. The summed E-state index contributed by atoms with van der Waals surface area (Å²) in [6, 6.07) is 21.1. The number of hydrogen-bond acceptors (Lipinski definition) is 4. The third kappa shape index (κ3) is 3.05. The van der Waals surface area contributed by atoms with Crippen LogP contribution in [0.25, 0.3) is 10.8 Å². The van der Waals surface area contributed by atoms with Crippen LogP contribution >= 0.6 is 0 Å². The molecule has 5 rings (SSSR count). The van der Waals surface area contributed by atoms with Gasteiger partial charge in [-0.3, -0.25) is 9.59 Å². The molecule has 0 aliphatic carbocycles. The molecule has 2 heterocycles. The van der Waals surface area contributed by atoms with Crippen molar-refractivity contribution in [3.8, 4) is 0 Å². The van der Waals surface area contributed by atoms with E-state index in [1.165, 1.54) is 6.26 Å². The number of nitrogens with zero attached hydrogens (tertiary/aromatic N) is 1. The lowest BCUT2D eigenvalue weighted by Crippen LogP contribution is -2.41. The second-order valence-corrected chi connectivity index (χ2v) is 8.36. The summed E-state index contributed by atoms with van der Waals surface area (Å²) in [5, 5.41) is 13.7. The van der Waals surface area contributed by atoms with Crippen LogP contribution in [0.4, 0.5) is 5.69 Å². The van der Waals surface area contributed by atoms with E-state index in [1.807, 2.05) is 54.6 Å². The summed E-state index contributed by atoms with van der Waals surface area (Å²) >= 11 is 0. The maximum atomic E-state index is 13.6. The third-order valence-corrected chi connectivity index (χ3v) is 6.30. The maximum Gasteiger partial charge on any atom is 0.264 e. The topological polar surface area (TPSA) is 70.7 Å². The Morgan fingerprint density at radius 3 is 2.50 bits per heavy atom. The highest BCUT2D eigenvalue weighted by Crippen LogP contribution is 2.44. The number of aliphatic hydroxyl groups is 1. The highest BCUT2D eigenvalue weighted by atomic mass is 16.3. The molecule has 160 valence electrons. The van der Waals surface area contributed by atoms with E-state index in [0.717, 1.165) is 16.3 Å². The number of aryl methyl sites for hydroxylation is 2. The predicted molar refractivity (Wildman–Crippen MR) is 123 cm³/mol. The van der Waals surface area contributed by atoms with Crippen LogP contribution in [0.1, 0.15) is 39.2 Å². The SMILES string of the molecule is Cc1coc(C)c1C(=O)C[C@]1(O)C(=O)N(Cc2cccc3ccccc23)c2ccccc21. The molecule has 1 amide bonds. The van der Waals surface area contributed by atoms with Crippen molar-refractivity contribution in [2.75, 3.05) is 4.90 Å². The standard InChI is InChI=1S/C27H23NO4/c1-17-16-32-18(2)25(17)24(29)14-27(31)22-12-5-6-13-23(22)28(26(27)30)15-20-10-7-9-19-8-3-4-11-21(19)20/h3-13,16,31H,14-15H2,1-2H3/t27-/m1/s1. The zero-order valence-electron chi connectivity index (χ0n) is 18.0. The van der Waals surface area contributed by atoms with Crippen LogP contribution < -0.4 is 4.90 Å². The van der Waals surface area contributed by atoms with Crippen molar-refractivity contribution in [1.29, 1.82) is 0 Å². The first-order chi connectivity index (χ1) is 15.4. The van der Waals surface area contributed by atoms with Crippen LogP contribution in [0, 0.1) is 13.8 Å². The molecule has 1 aliphatic heterocycles. The average Bonchev–Trinajstić information content (AvgIpc) is 3.23. The van der Waals surface area contributed by atoms with Gasteiger partial charge in [0, 0.05) is 5.56 Å². The molecule has 1 atom stereocenters. The number of benzene rings is 3.